The number of ether oxygens (including phenoxy) is 4. The number of unbranched alkanes of at least 4 members (excludes halogenated alkanes) is 16. The Morgan fingerprint density at radius 2 is 1.19 bits per heavy atom. The van der Waals surface area contributed by atoms with Gasteiger partial charge in [-0.05, 0) is 50.7 Å². The van der Waals surface area contributed by atoms with Gasteiger partial charge < -0.3 is 39.4 Å². The highest BCUT2D eigenvalue weighted by Crippen LogP contribution is 2.22. The summed E-state index contributed by atoms with van der Waals surface area (Å²) in [6, 6.07) is 0. The maximum absolute atomic E-state index is 12.6. The van der Waals surface area contributed by atoms with Crippen LogP contribution in [0, 0.1) is 0 Å². The smallest absolute Gasteiger partial charge is 0.306 e. The molecule has 1 heterocycles. The summed E-state index contributed by atoms with van der Waals surface area (Å²) in [6.45, 7) is 3.31. The normalized spacial score (nSPS) is 21.5. The quantitative estimate of drug-likeness (QED) is 0.0411. The van der Waals surface area contributed by atoms with Gasteiger partial charge in [0.25, 0.3) is 0 Å². The van der Waals surface area contributed by atoms with Crippen LogP contribution in [-0.2, 0) is 28.5 Å². The summed E-state index contributed by atoms with van der Waals surface area (Å²) in [7, 11) is 0. The van der Waals surface area contributed by atoms with Gasteiger partial charge in [-0.3, -0.25) is 9.59 Å². The van der Waals surface area contributed by atoms with Crippen molar-refractivity contribution in [3.8, 4) is 0 Å². The summed E-state index contributed by atoms with van der Waals surface area (Å²) in [6.07, 6.45) is 17.4. The highest BCUT2D eigenvalue weighted by atomic mass is 16.7. The minimum atomic E-state index is -1.59. The second-order valence-corrected chi connectivity index (χ2v) is 12.8. The van der Waals surface area contributed by atoms with Crippen molar-refractivity contribution in [2.45, 2.75) is 185 Å². The van der Waals surface area contributed by atoms with Gasteiger partial charge in [0, 0.05) is 12.8 Å². The van der Waals surface area contributed by atoms with Crippen molar-refractivity contribution >= 4 is 11.9 Å². The first kappa shape index (κ1) is 43.2. The number of esters is 2. The molecule has 47 heavy (non-hydrogen) atoms. The lowest BCUT2D eigenvalue weighted by Gasteiger charge is -2.39. The van der Waals surface area contributed by atoms with Gasteiger partial charge in [0.05, 0.1) is 13.2 Å². The number of carbonyl (C=O) groups is 2. The Hall–Kier alpha value is -1.78. The third-order valence-electron chi connectivity index (χ3n) is 8.42. The van der Waals surface area contributed by atoms with E-state index in [4.69, 9.17) is 18.9 Å². The van der Waals surface area contributed by atoms with E-state index in [9.17, 15) is 30.0 Å². The van der Waals surface area contributed by atoms with Crippen LogP contribution in [-0.4, -0.2) is 89.0 Å². The van der Waals surface area contributed by atoms with Gasteiger partial charge in [-0.1, -0.05) is 97.3 Å². The van der Waals surface area contributed by atoms with Crippen molar-refractivity contribution in [2.24, 2.45) is 0 Å². The molecule has 0 amide bonds. The number of aliphatic hydroxyl groups excluding tert-OH is 4. The first-order valence-corrected chi connectivity index (χ1v) is 18.5. The number of carbonyl (C=O) groups excluding carboxylic acids is 2. The van der Waals surface area contributed by atoms with Gasteiger partial charge in [0.1, 0.15) is 31.0 Å². The van der Waals surface area contributed by atoms with E-state index in [2.05, 4.69) is 31.7 Å². The van der Waals surface area contributed by atoms with Crippen molar-refractivity contribution < 1.29 is 49.0 Å². The van der Waals surface area contributed by atoms with Gasteiger partial charge in [-0.15, -0.1) is 5.73 Å². The number of rotatable bonds is 29. The van der Waals surface area contributed by atoms with Gasteiger partial charge in [0.15, 0.2) is 12.4 Å². The number of hydrogen-bond acceptors (Lipinski definition) is 10. The monoisotopic (exact) mass is 670 g/mol. The molecule has 6 atom stereocenters. The lowest BCUT2D eigenvalue weighted by atomic mass is 9.99. The first-order chi connectivity index (χ1) is 22.8. The zero-order valence-electron chi connectivity index (χ0n) is 29.3. The first-order valence-electron chi connectivity index (χ1n) is 18.5. The lowest BCUT2D eigenvalue weighted by Crippen LogP contribution is -2.59. The van der Waals surface area contributed by atoms with Crippen LogP contribution in [0.3, 0.4) is 0 Å². The minimum absolute atomic E-state index is 0.225. The molecule has 0 bridgehead atoms. The molecule has 0 saturated carbocycles. The van der Waals surface area contributed by atoms with Crippen molar-refractivity contribution in [1.29, 1.82) is 0 Å². The molecule has 1 aliphatic heterocycles. The third-order valence-corrected chi connectivity index (χ3v) is 8.42. The Balaban J connectivity index is 2.39. The fraction of sp³-hybridized carbons (Fsp3) is 0.865. The zero-order valence-corrected chi connectivity index (χ0v) is 29.3. The molecule has 0 aliphatic carbocycles. The second kappa shape index (κ2) is 29.2. The van der Waals surface area contributed by atoms with E-state index < -0.39 is 55.4 Å². The molecule has 0 radical (unpaired) electrons. The molecular weight excluding hydrogens is 604 g/mol. The van der Waals surface area contributed by atoms with E-state index in [1.54, 1.807) is 0 Å². The predicted molar refractivity (Wildman–Crippen MR) is 182 cm³/mol. The number of aliphatic hydroxyl groups is 4. The number of allylic oxidation sites excluding steroid dienone is 1. The zero-order chi connectivity index (χ0) is 34.5. The summed E-state index contributed by atoms with van der Waals surface area (Å²) in [5.41, 5.74) is 3.28. The molecule has 1 rings (SSSR count). The van der Waals surface area contributed by atoms with Crippen LogP contribution in [0.2, 0.25) is 0 Å². The fourth-order valence-corrected chi connectivity index (χ4v) is 5.40. The van der Waals surface area contributed by atoms with Crippen molar-refractivity contribution in [1.82, 2.24) is 0 Å². The van der Waals surface area contributed by atoms with E-state index in [0.717, 1.165) is 57.8 Å². The average molecular weight is 671 g/mol. The molecule has 0 aromatic carbocycles. The Morgan fingerprint density at radius 3 is 1.74 bits per heavy atom. The molecule has 274 valence electrons. The summed E-state index contributed by atoms with van der Waals surface area (Å²) < 4.78 is 21.9. The highest BCUT2D eigenvalue weighted by molar-refractivity contribution is 5.70. The largest absolute Gasteiger partial charge is 0.462 e. The lowest BCUT2D eigenvalue weighted by molar-refractivity contribution is -0.305. The summed E-state index contributed by atoms with van der Waals surface area (Å²) in [5, 5.41) is 39.7. The van der Waals surface area contributed by atoms with Crippen LogP contribution in [0.15, 0.2) is 17.9 Å². The molecule has 1 saturated heterocycles. The predicted octanol–water partition coefficient (Wildman–Crippen LogP) is 6.20. The van der Waals surface area contributed by atoms with Crippen molar-refractivity contribution in [2.75, 3.05) is 19.8 Å². The van der Waals surface area contributed by atoms with Gasteiger partial charge in [-0.2, -0.15) is 0 Å². The van der Waals surface area contributed by atoms with Crippen molar-refractivity contribution in [3.63, 3.8) is 0 Å². The van der Waals surface area contributed by atoms with Crippen LogP contribution in [0.4, 0.5) is 0 Å². The minimum Gasteiger partial charge on any atom is -0.462 e. The van der Waals surface area contributed by atoms with Gasteiger partial charge in [-0.25, -0.2) is 0 Å². The number of hydrogen-bond donors (Lipinski definition) is 4. The molecule has 1 aliphatic rings. The van der Waals surface area contributed by atoms with E-state index in [-0.39, 0.29) is 26.1 Å². The molecule has 0 spiro atoms. The average Bonchev–Trinajstić information content (AvgIpc) is 3.06. The third kappa shape index (κ3) is 21.7. The molecular formula is C37H66O10. The topological polar surface area (TPSA) is 152 Å². The molecule has 2 unspecified atom stereocenters. The Bertz CT molecular complexity index is 841. The van der Waals surface area contributed by atoms with Crippen LogP contribution in [0.5, 0.6) is 0 Å². The fourth-order valence-electron chi connectivity index (χ4n) is 5.40. The van der Waals surface area contributed by atoms with E-state index >= 15 is 0 Å². The van der Waals surface area contributed by atoms with Crippen molar-refractivity contribution in [3.05, 3.63) is 17.9 Å². The van der Waals surface area contributed by atoms with Crippen LogP contribution in [0.1, 0.15) is 149 Å². The van der Waals surface area contributed by atoms with Gasteiger partial charge >= 0.3 is 11.9 Å². The maximum Gasteiger partial charge on any atom is 0.306 e. The van der Waals surface area contributed by atoms with E-state index in [0.29, 0.717) is 12.8 Å². The Labute approximate surface area is 283 Å². The molecule has 10 nitrogen and oxygen atoms in total. The summed E-state index contributed by atoms with van der Waals surface area (Å²) in [5.74, 6) is -0.835. The van der Waals surface area contributed by atoms with Gasteiger partial charge in [0.2, 0.25) is 0 Å². The SMILES string of the molecule is CCCCCCCC=C=CCCCCCCCC(=O)OC[C@@H](CO[C@H]1O[C@@H](CO)[C@@H](O)C(O)C1O)OC(=O)CCCCCCCCC. The maximum atomic E-state index is 12.6. The van der Waals surface area contributed by atoms with E-state index in [1.165, 1.54) is 51.4 Å². The highest BCUT2D eigenvalue weighted by Gasteiger charge is 2.44. The van der Waals surface area contributed by atoms with Crippen LogP contribution in [0.25, 0.3) is 0 Å². The van der Waals surface area contributed by atoms with Crippen LogP contribution < -0.4 is 0 Å². The summed E-state index contributed by atoms with van der Waals surface area (Å²) >= 11 is 0. The van der Waals surface area contributed by atoms with Crippen LogP contribution >= 0.6 is 0 Å². The standard InChI is InChI=1S/C37H66O10/c1-3-5-7-9-11-12-13-14-15-16-17-18-20-21-23-25-32(39)44-28-30(46-33(40)26-24-22-19-10-8-6-4-2)29-45-37-36(43)35(42)34(41)31(27-38)47-37/h13,15,30-31,34-38,41-43H,3-12,16-29H2,1-2H3/t14?,30-,31-,34+,35?,36?,37-/m0/s1. The summed E-state index contributed by atoms with van der Waals surface area (Å²) in [4.78, 5) is 25.0. The Kier molecular flexibility index (Phi) is 26.8. The van der Waals surface area contributed by atoms with E-state index in [1.807, 2.05) is 0 Å². The molecule has 1 fully saturated rings. The molecule has 4 N–H and O–H groups in total. The molecule has 0 aromatic heterocycles. The molecule has 0 aromatic rings. The Morgan fingerprint density at radius 1 is 0.681 bits per heavy atom. The molecule has 10 heteroatoms. The second-order valence-electron chi connectivity index (χ2n) is 12.8.